The number of likely N-dealkylation sites (tertiary alicyclic amines) is 1. The molecule has 1 atom stereocenters. The predicted octanol–water partition coefficient (Wildman–Crippen LogP) is 2.85. The number of aromatic nitrogens is 2. The van der Waals surface area contributed by atoms with Gasteiger partial charge in [-0.25, -0.2) is 4.98 Å². The molecule has 0 radical (unpaired) electrons. The number of guanidine groups is 1. The van der Waals surface area contributed by atoms with Crippen LogP contribution < -0.4 is 10.1 Å². The molecule has 1 fully saturated rings. The number of ether oxygens (including phenoxy) is 1. The lowest BCUT2D eigenvalue weighted by Gasteiger charge is -2.22. The Morgan fingerprint density at radius 3 is 2.81 bits per heavy atom. The summed E-state index contributed by atoms with van der Waals surface area (Å²) in [5, 5.41) is 3.14. The quantitative estimate of drug-likeness (QED) is 0.656. The van der Waals surface area contributed by atoms with Crippen molar-refractivity contribution in [3.63, 3.8) is 0 Å². The van der Waals surface area contributed by atoms with Crippen LogP contribution in [0.2, 0.25) is 0 Å². The van der Waals surface area contributed by atoms with Crippen LogP contribution in [0.25, 0.3) is 0 Å². The zero-order valence-corrected chi connectivity index (χ0v) is 14.9. The van der Waals surface area contributed by atoms with Gasteiger partial charge < -0.3 is 15.0 Å². The number of aliphatic imine (C=N–C) groups is 1. The average Bonchev–Trinajstić information content (AvgIpc) is 3.32. The summed E-state index contributed by atoms with van der Waals surface area (Å²) in [6, 6.07) is 8.11. The number of rotatable bonds is 5. The molecule has 0 aliphatic carbocycles. The van der Waals surface area contributed by atoms with E-state index in [9.17, 15) is 8.78 Å². The van der Waals surface area contributed by atoms with Crippen molar-refractivity contribution in [1.29, 1.82) is 0 Å². The second-order valence-corrected chi connectivity index (χ2v) is 6.13. The third-order valence-corrected chi connectivity index (χ3v) is 4.65. The van der Waals surface area contributed by atoms with Gasteiger partial charge >= 0.3 is 6.55 Å². The smallest absolute Gasteiger partial charge is 0.319 e. The fourth-order valence-corrected chi connectivity index (χ4v) is 3.25. The third-order valence-electron chi connectivity index (χ3n) is 4.65. The van der Waals surface area contributed by atoms with Gasteiger partial charge in [-0.2, -0.15) is 8.78 Å². The fourth-order valence-electron chi connectivity index (χ4n) is 3.25. The molecule has 1 unspecified atom stereocenters. The lowest BCUT2D eigenvalue weighted by molar-refractivity contribution is 0.0668. The average molecular weight is 363 g/mol. The largest absolute Gasteiger partial charge is 0.497 e. The van der Waals surface area contributed by atoms with Crippen LogP contribution in [0.15, 0.2) is 41.7 Å². The van der Waals surface area contributed by atoms with Gasteiger partial charge in [-0.1, -0.05) is 12.1 Å². The van der Waals surface area contributed by atoms with E-state index in [4.69, 9.17) is 4.74 Å². The summed E-state index contributed by atoms with van der Waals surface area (Å²) in [5.41, 5.74) is 1.26. The summed E-state index contributed by atoms with van der Waals surface area (Å²) < 4.78 is 31.9. The molecule has 0 spiro atoms. The van der Waals surface area contributed by atoms with Crippen LogP contribution in [-0.2, 0) is 6.54 Å². The number of alkyl halides is 2. The first-order chi connectivity index (χ1) is 12.6. The van der Waals surface area contributed by atoms with Gasteiger partial charge in [-0.3, -0.25) is 9.56 Å². The lowest BCUT2D eigenvalue weighted by Crippen LogP contribution is -2.40. The van der Waals surface area contributed by atoms with E-state index in [1.807, 2.05) is 12.1 Å². The number of benzene rings is 1. The predicted molar refractivity (Wildman–Crippen MR) is 95.6 cm³/mol. The molecule has 0 amide bonds. The number of imidazole rings is 1. The van der Waals surface area contributed by atoms with Crippen LogP contribution in [-0.4, -0.2) is 47.7 Å². The molecule has 1 N–H and O–H groups in total. The highest BCUT2D eigenvalue weighted by atomic mass is 19.3. The molecule has 1 aromatic heterocycles. The molecule has 1 aromatic carbocycles. The Kier molecular flexibility index (Phi) is 5.70. The molecule has 3 rings (SSSR count). The topological polar surface area (TPSA) is 54.7 Å². The van der Waals surface area contributed by atoms with E-state index >= 15 is 0 Å². The normalized spacial score (nSPS) is 17.8. The summed E-state index contributed by atoms with van der Waals surface area (Å²) in [5.74, 6) is 2.23. The molecule has 1 aliphatic rings. The highest BCUT2D eigenvalue weighted by Crippen LogP contribution is 2.28. The molecule has 6 nitrogen and oxygen atoms in total. The Labute approximate surface area is 151 Å². The Balaban J connectivity index is 1.60. The molecular weight excluding hydrogens is 340 g/mol. The van der Waals surface area contributed by atoms with E-state index < -0.39 is 6.55 Å². The maximum absolute atomic E-state index is 12.9. The summed E-state index contributed by atoms with van der Waals surface area (Å²) >= 11 is 0. The fraction of sp³-hybridized carbons (Fsp3) is 0.444. The maximum atomic E-state index is 12.9. The van der Waals surface area contributed by atoms with Crippen molar-refractivity contribution in [3.05, 3.63) is 48.0 Å². The van der Waals surface area contributed by atoms with Crippen molar-refractivity contribution in [3.8, 4) is 5.75 Å². The van der Waals surface area contributed by atoms with Gasteiger partial charge in [0.15, 0.2) is 5.96 Å². The number of nitrogens with one attached hydrogen (secondary N) is 1. The minimum Gasteiger partial charge on any atom is -0.497 e. The van der Waals surface area contributed by atoms with Gasteiger partial charge in [0.1, 0.15) is 11.6 Å². The van der Waals surface area contributed by atoms with E-state index in [2.05, 4.69) is 32.3 Å². The highest BCUT2D eigenvalue weighted by Gasteiger charge is 2.26. The van der Waals surface area contributed by atoms with Gasteiger partial charge in [0, 0.05) is 38.4 Å². The first kappa shape index (κ1) is 18.2. The molecular formula is C18H23F2N5O. The third kappa shape index (κ3) is 3.95. The Hall–Kier alpha value is -2.64. The molecule has 1 saturated heterocycles. The molecule has 0 saturated carbocycles. The van der Waals surface area contributed by atoms with Crippen LogP contribution in [0.5, 0.6) is 5.75 Å². The van der Waals surface area contributed by atoms with Crippen LogP contribution in [0.4, 0.5) is 8.78 Å². The standard InChI is InChI=1S/C18H23F2N5O/c1-21-18(23-11-16-22-8-10-25(16)17(19)20)24-9-7-14(12-24)13-3-5-15(26-2)6-4-13/h3-6,8,10,14,17H,7,9,11-12H2,1-2H3,(H,21,23). The van der Waals surface area contributed by atoms with Crippen LogP contribution in [0, 0.1) is 0 Å². The molecule has 8 heteroatoms. The highest BCUT2D eigenvalue weighted by molar-refractivity contribution is 5.80. The van der Waals surface area contributed by atoms with Crippen molar-refractivity contribution in [2.45, 2.75) is 25.4 Å². The molecule has 2 heterocycles. The minimum absolute atomic E-state index is 0.202. The van der Waals surface area contributed by atoms with Gasteiger partial charge in [-0.15, -0.1) is 0 Å². The van der Waals surface area contributed by atoms with Gasteiger partial charge in [-0.05, 0) is 24.1 Å². The van der Waals surface area contributed by atoms with Crippen LogP contribution >= 0.6 is 0 Å². The first-order valence-electron chi connectivity index (χ1n) is 8.51. The van der Waals surface area contributed by atoms with Crippen molar-refractivity contribution in [1.82, 2.24) is 19.8 Å². The van der Waals surface area contributed by atoms with Crippen molar-refractivity contribution < 1.29 is 13.5 Å². The minimum atomic E-state index is -2.59. The second-order valence-electron chi connectivity index (χ2n) is 6.13. The maximum Gasteiger partial charge on any atom is 0.319 e. The zero-order valence-electron chi connectivity index (χ0n) is 14.9. The molecule has 140 valence electrons. The number of hydrogen-bond acceptors (Lipinski definition) is 3. The van der Waals surface area contributed by atoms with Gasteiger partial charge in [0.2, 0.25) is 0 Å². The van der Waals surface area contributed by atoms with E-state index in [1.54, 1.807) is 14.2 Å². The lowest BCUT2D eigenvalue weighted by atomic mass is 9.98. The molecule has 26 heavy (non-hydrogen) atoms. The number of halogens is 2. The molecule has 0 bridgehead atoms. The number of hydrogen-bond donors (Lipinski definition) is 1. The SMILES string of the molecule is CN=C(NCc1nccn1C(F)F)N1CCC(c2ccc(OC)cc2)C1. The summed E-state index contributed by atoms with van der Waals surface area (Å²) in [6.07, 6.45) is 3.67. The van der Waals surface area contributed by atoms with Crippen molar-refractivity contribution in [2.24, 2.45) is 4.99 Å². The summed E-state index contributed by atoms with van der Waals surface area (Å²) in [4.78, 5) is 10.4. The van der Waals surface area contributed by atoms with E-state index in [0.717, 1.165) is 29.8 Å². The van der Waals surface area contributed by atoms with Crippen molar-refractivity contribution in [2.75, 3.05) is 27.2 Å². The Bertz CT molecular complexity index is 744. The Morgan fingerprint density at radius 2 is 2.15 bits per heavy atom. The zero-order chi connectivity index (χ0) is 18.5. The molecule has 1 aliphatic heterocycles. The molecule has 2 aromatic rings. The number of methoxy groups -OCH3 is 1. The number of nitrogens with zero attached hydrogens (tertiary/aromatic N) is 4. The van der Waals surface area contributed by atoms with Crippen LogP contribution in [0.1, 0.15) is 30.3 Å². The summed E-state index contributed by atoms with van der Waals surface area (Å²) in [7, 11) is 3.35. The van der Waals surface area contributed by atoms with E-state index in [0.29, 0.717) is 11.9 Å². The first-order valence-corrected chi connectivity index (χ1v) is 8.51. The summed E-state index contributed by atoms with van der Waals surface area (Å²) in [6.45, 7) is -0.703. The van der Waals surface area contributed by atoms with E-state index in [-0.39, 0.29) is 12.4 Å². The Morgan fingerprint density at radius 1 is 1.38 bits per heavy atom. The van der Waals surface area contributed by atoms with E-state index in [1.165, 1.54) is 18.0 Å². The van der Waals surface area contributed by atoms with Crippen molar-refractivity contribution >= 4 is 5.96 Å². The van der Waals surface area contributed by atoms with Gasteiger partial charge in [0.05, 0.1) is 13.7 Å². The second kappa shape index (κ2) is 8.16. The monoisotopic (exact) mass is 363 g/mol. The van der Waals surface area contributed by atoms with Crippen LogP contribution in [0.3, 0.4) is 0 Å². The van der Waals surface area contributed by atoms with Gasteiger partial charge in [0.25, 0.3) is 0 Å².